The number of guanidine groups is 1. The van der Waals surface area contributed by atoms with E-state index in [0.29, 0.717) is 24.0 Å². The highest BCUT2D eigenvalue weighted by Crippen LogP contribution is 2.33. The van der Waals surface area contributed by atoms with Gasteiger partial charge in [0, 0.05) is 30.9 Å². The van der Waals surface area contributed by atoms with E-state index >= 15 is 0 Å². The van der Waals surface area contributed by atoms with Gasteiger partial charge in [0.2, 0.25) is 5.96 Å². The zero-order valence-corrected chi connectivity index (χ0v) is 19.2. The van der Waals surface area contributed by atoms with Gasteiger partial charge in [-0.15, -0.1) is 12.4 Å². The van der Waals surface area contributed by atoms with Crippen LogP contribution in [-0.4, -0.2) is 53.4 Å². The molecule has 0 saturated carbocycles. The van der Waals surface area contributed by atoms with Crippen LogP contribution in [0.2, 0.25) is 0 Å². The first kappa shape index (κ1) is 22.2. The zero-order chi connectivity index (χ0) is 21.4. The fourth-order valence-electron chi connectivity index (χ4n) is 3.94. The number of benzene rings is 2. The molecule has 11 heteroatoms. The summed E-state index contributed by atoms with van der Waals surface area (Å²) in [6.45, 7) is 2.84. The fourth-order valence-corrected chi connectivity index (χ4v) is 5.01. The molecule has 0 aromatic heterocycles. The molecule has 2 aromatic carbocycles. The largest absolute Gasteiger partial charge is 0.490 e. The molecule has 3 aliphatic rings. The monoisotopic (exact) mass is 476 g/mol. The number of nitrogens with zero attached hydrogens (tertiary/aromatic N) is 3. The standard InChI is InChI=1S/C21H24N6O3S.ClH/c1-27-10-11-30-20-13-16(5-7-19(20)27)31(28,29)26-15-4-2-14-3-6-18(17(14)12-15)24-25-21-22-8-9-23-21;/h2,4-5,7,12-13,26H,3,6,8-11H2,1H3,(H2,22,23,25);1H. The second-order valence-corrected chi connectivity index (χ2v) is 9.39. The van der Waals surface area contributed by atoms with Crippen molar-refractivity contribution in [3.05, 3.63) is 47.5 Å². The summed E-state index contributed by atoms with van der Waals surface area (Å²) < 4.78 is 34.4. The summed E-state index contributed by atoms with van der Waals surface area (Å²) in [6.07, 6.45) is 1.67. The number of hydrogen-bond donors (Lipinski definition) is 3. The molecule has 0 saturated heterocycles. The number of ether oxygens (including phenoxy) is 1. The number of aliphatic imine (C=N–C) groups is 1. The van der Waals surface area contributed by atoms with Crippen LogP contribution in [-0.2, 0) is 16.4 Å². The number of nitrogens with one attached hydrogen (secondary N) is 3. The lowest BCUT2D eigenvalue weighted by Crippen LogP contribution is -2.30. The van der Waals surface area contributed by atoms with Crippen molar-refractivity contribution in [1.82, 2.24) is 10.7 Å². The van der Waals surface area contributed by atoms with Gasteiger partial charge >= 0.3 is 0 Å². The number of fused-ring (bicyclic) bond motifs is 2. The summed E-state index contributed by atoms with van der Waals surface area (Å²) in [4.78, 5) is 6.49. The number of halogens is 1. The Morgan fingerprint density at radius 1 is 1.19 bits per heavy atom. The molecule has 0 amide bonds. The van der Waals surface area contributed by atoms with Gasteiger partial charge in [0.15, 0.2) is 0 Å². The summed E-state index contributed by atoms with van der Waals surface area (Å²) >= 11 is 0. The van der Waals surface area contributed by atoms with Crippen molar-refractivity contribution < 1.29 is 13.2 Å². The number of hydrazone groups is 1. The van der Waals surface area contributed by atoms with E-state index in [0.717, 1.165) is 55.0 Å². The third-order valence-corrected chi connectivity index (χ3v) is 6.99. The molecule has 32 heavy (non-hydrogen) atoms. The van der Waals surface area contributed by atoms with Crippen LogP contribution in [0, 0.1) is 0 Å². The zero-order valence-electron chi connectivity index (χ0n) is 17.6. The Kier molecular flexibility index (Phi) is 6.16. The first-order chi connectivity index (χ1) is 15.0. The van der Waals surface area contributed by atoms with Gasteiger partial charge in [0.05, 0.1) is 29.4 Å². The molecule has 1 aliphatic carbocycles. The Morgan fingerprint density at radius 3 is 2.88 bits per heavy atom. The molecule has 170 valence electrons. The Morgan fingerprint density at radius 2 is 2.06 bits per heavy atom. The normalized spacial score (nSPS) is 18.1. The van der Waals surface area contributed by atoms with E-state index in [-0.39, 0.29) is 17.3 Å². The smallest absolute Gasteiger partial charge is 0.262 e. The highest BCUT2D eigenvalue weighted by molar-refractivity contribution is 7.92. The van der Waals surface area contributed by atoms with Crippen LogP contribution in [0.1, 0.15) is 17.5 Å². The van der Waals surface area contributed by atoms with Crippen LogP contribution in [0.4, 0.5) is 11.4 Å². The lowest BCUT2D eigenvalue weighted by Gasteiger charge is -2.27. The maximum Gasteiger partial charge on any atom is 0.262 e. The molecule has 0 unspecified atom stereocenters. The van der Waals surface area contributed by atoms with E-state index in [1.54, 1.807) is 24.3 Å². The topological polar surface area (TPSA) is 107 Å². The summed E-state index contributed by atoms with van der Waals surface area (Å²) in [5.41, 5.74) is 7.33. The third kappa shape index (κ3) is 4.33. The SMILES string of the molecule is CN1CCOc2cc(S(=O)(=O)Nc3ccc4c(c3)C(=NNC3=NCCN3)CC4)ccc21.Cl. The average molecular weight is 477 g/mol. The van der Waals surface area contributed by atoms with Crippen LogP contribution in [0.15, 0.2) is 51.4 Å². The fraction of sp³-hybridized carbons (Fsp3) is 0.333. The minimum Gasteiger partial charge on any atom is -0.490 e. The molecule has 2 heterocycles. The van der Waals surface area contributed by atoms with Gasteiger partial charge < -0.3 is 15.0 Å². The first-order valence-electron chi connectivity index (χ1n) is 10.2. The molecule has 2 aromatic rings. The van der Waals surface area contributed by atoms with Crippen LogP contribution in [0.3, 0.4) is 0 Å². The molecule has 0 bridgehead atoms. The van der Waals surface area contributed by atoms with E-state index < -0.39 is 10.0 Å². The quantitative estimate of drug-likeness (QED) is 0.582. The average Bonchev–Trinajstić information content (AvgIpc) is 3.41. The molecule has 0 fully saturated rings. The maximum absolute atomic E-state index is 13.0. The van der Waals surface area contributed by atoms with Gasteiger partial charge in [-0.25, -0.2) is 18.8 Å². The Balaban J connectivity index is 0.00000245. The highest BCUT2D eigenvalue weighted by atomic mass is 35.5. The highest BCUT2D eigenvalue weighted by Gasteiger charge is 2.23. The minimum absolute atomic E-state index is 0. The second kappa shape index (κ2) is 8.87. The van der Waals surface area contributed by atoms with Crippen LogP contribution >= 0.6 is 12.4 Å². The Hall–Kier alpha value is -2.98. The number of likely N-dealkylation sites (N-methyl/N-ethyl adjacent to an activating group) is 1. The predicted octanol–water partition coefficient (Wildman–Crippen LogP) is 1.94. The van der Waals surface area contributed by atoms with Gasteiger partial charge in [0.25, 0.3) is 10.0 Å². The first-order valence-corrected chi connectivity index (χ1v) is 11.7. The molecule has 5 rings (SSSR count). The summed E-state index contributed by atoms with van der Waals surface area (Å²) in [5, 5.41) is 7.59. The van der Waals surface area contributed by atoms with Crippen LogP contribution in [0.5, 0.6) is 5.75 Å². The van der Waals surface area contributed by atoms with Gasteiger partial charge in [-0.2, -0.15) is 5.10 Å². The van der Waals surface area contributed by atoms with Crippen molar-refractivity contribution in [3.63, 3.8) is 0 Å². The molecule has 3 N–H and O–H groups in total. The lowest BCUT2D eigenvalue weighted by atomic mass is 10.1. The molecule has 9 nitrogen and oxygen atoms in total. The third-order valence-electron chi connectivity index (χ3n) is 5.61. The van der Waals surface area contributed by atoms with Gasteiger partial charge in [-0.3, -0.25) is 4.72 Å². The van der Waals surface area contributed by atoms with Crippen LogP contribution in [0.25, 0.3) is 0 Å². The van der Waals surface area contributed by atoms with Crippen LogP contribution < -0.4 is 25.1 Å². The molecule has 0 spiro atoms. The molecule has 0 atom stereocenters. The van der Waals surface area contributed by atoms with E-state index in [4.69, 9.17) is 4.74 Å². The Bertz CT molecular complexity index is 1200. The molecular formula is C21H25ClN6O3S. The number of rotatable bonds is 4. The summed E-state index contributed by atoms with van der Waals surface area (Å²) in [5.74, 6) is 1.24. The predicted molar refractivity (Wildman–Crippen MR) is 128 cm³/mol. The van der Waals surface area contributed by atoms with Crippen molar-refractivity contribution in [2.45, 2.75) is 17.7 Å². The van der Waals surface area contributed by atoms with Crippen molar-refractivity contribution in [2.24, 2.45) is 10.1 Å². The molecule has 0 radical (unpaired) electrons. The number of sulfonamides is 1. The maximum atomic E-state index is 13.0. The summed E-state index contributed by atoms with van der Waals surface area (Å²) in [6, 6.07) is 10.5. The number of anilines is 2. The van der Waals surface area contributed by atoms with E-state index in [9.17, 15) is 8.42 Å². The van der Waals surface area contributed by atoms with Crippen molar-refractivity contribution in [2.75, 3.05) is 42.9 Å². The van der Waals surface area contributed by atoms with Crippen molar-refractivity contribution >= 4 is 45.5 Å². The Labute approximate surface area is 193 Å². The van der Waals surface area contributed by atoms with Gasteiger partial charge in [0.1, 0.15) is 12.4 Å². The van der Waals surface area contributed by atoms with Crippen molar-refractivity contribution in [3.8, 4) is 5.75 Å². The lowest BCUT2D eigenvalue weighted by molar-refractivity contribution is 0.310. The van der Waals surface area contributed by atoms with Gasteiger partial charge in [-0.1, -0.05) is 6.07 Å². The van der Waals surface area contributed by atoms with E-state index in [1.807, 2.05) is 24.1 Å². The van der Waals surface area contributed by atoms with E-state index in [1.165, 1.54) is 0 Å². The number of hydrogen-bond acceptors (Lipinski definition) is 8. The van der Waals surface area contributed by atoms with Crippen molar-refractivity contribution in [1.29, 1.82) is 0 Å². The number of aryl methyl sites for hydroxylation is 1. The second-order valence-electron chi connectivity index (χ2n) is 7.70. The summed E-state index contributed by atoms with van der Waals surface area (Å²) in [7, 11) is -1.80. The molecular weight excluding hydrogens is 452 g/mol. The van der Waals surface area contributed by atoms with E-state index in [2.05, 4.69) is 25.6 Å². The van der Waals surface area contributed by atoms with Gasteiger partial charge in [-0.05, 0) is 42.7 Å². The molecule has 2 aliphatic heterocycles. The minimum atomic E-state index is -3.76.